The third kappa shape index (κ3) is 5.61. The van der Waals surface area contributed by atoms with E-state index in [-0.39, 0.29) is 24.1 Å². The van der Waals surface area contributed by atoms with Gasteiger partial charge in [-0.2, -0.15) is 0 Å². The van der Waals surface area contributed by atoms with Crippen molar-refractivity contribution in [2.24, 2.45) is 0 Å². The Labute approximate surface area is 176 Å². The molecule has 0 saturated heterocycles. The smallest absolute Gasteiger partial charge is 0.338 e. The second kappa shape index (κ2) is 8.39. The molecule has 132 valence electrons. The van der Waals surface area contributed by atoms with Crippen LogP contribution in [0.25, 0.3) is 0 Å². The predicted molar refractivity (Wildman–Crippen MR) is 108 cm³/mol. The number of rotatable bonds is 5. The van der Waals surface area contributed by atoms with Crippen molar-refractivity contribution in [2.45, 2.75) is 19.3 Å². The number of carbonyl (C=O) groups is 3. The minimum Gasteiger partial charge on any atom is -0.478 e. The second-order valence-corrected chi connectivity index (χ2v) is 7.79. The number of halogens is 3. The van der Waals surface area contributed by atoms with Gasteiger partial charge in [0, 0.05) is 6.92 Å². The largest absolute Gasteiger partial charge is 0.478 e. The fourth-order valence-corrected chi connectivity index (χ4v) is 5.81. The highest BCUT2D eigenvalue weighted by atomic mass is 127. The van der Waals surface area contributed by atoms with Gasteiger partial charge in [0.25, 0.3) is 5.97 Å². The summed E-state index contributed by atoms with van der Waals surface area (Å²) in [5, 5.41) is 40.8. The molecule has 0 radical (unpaired) electrons. The Morgan fingerprint density at radius 1 is 0.958 bits per heavy atom. The van der Waals surface area contributed by atoms with Crippen molar-refractivity contribution >= 4 is 96.9 Å². The van der Waals surface area contributed by atoms with E-state index in [1.807, 2.05) is 22.6 Å². The van der Waals surface area contributed by atoms with Gasteiger partial charge in [-0.25, -0.2) is 4.79 Å². The van der Waals surface area contributed by atoms with Crippen LogP contribution in [0.4, 0.5) is 11.4 Å². The maximum Gasteiger partial charge on any atom is 0.338 e. The first-order valence-electron chi connectivity index (χ1n) is 6.03. The third-order valence-corrected chi connectivity index (χ3v) is 5.73. The molecule has 9 nitrogen and oxygen atoms in total. The van der Waals surface area contributed by atoms with Gasteiger partial charge in [-0.05, 0) is 67.8 Å². The van der Waals surface area contributed by atoms with Crippen molar-refractivity contribution in [1.82, 2.24) is 0 Å². The Kier molecular flexibility index (Phi) is 7.60. The van der Waals surface area contributed by atoms with Gasteiger partial charge in [0.15, 0.2) is 0 Å². The van der Waals surface area contributed by atoms with Gasteiger partial charge >= 0.3 is 5.97 Å². The number of hydrogen-bond acceptors (Lipinski definition) is 6. The van der Waals surface area contributed by atoms with E-state index in [4.69, 9.17) is 15.3 Å². The van der Waals surface area contributed by atoms with E-state index >= 15 is 0 Å². The minimum absolute atomic E-state index is 0.0759. The Bertz CT molecular complexity index is 716. The molecule has 6 N–H and O–H groups in total. The highest BCUT2D eigenvalue weighted by Gasteiger charge is 2.28. The number of benzene rings is 1. The lowest BCUT2D eigenvalue weighted by Crippen LogP contribution is -2.33. The van der Waals surface area contributed by atoms with Crippen LogP contribution in [0.1, 0.15) is 23.7 Å². The monoisotopic (exact) mass is 676 g/mol. The third-order valence-electron chi connectivity index (χ3n) is 2.49. The molecule has 2 amide bonds. The molecule has 12 heteroatoms. The van der Waals surface area contributed by atoms with Gasteiger partial charge in [-0.1, -0.05) is 0 Å². The number of carbonyl (C=O) groups excluding carboxylic acids is 2. The van der Waals surface area contributed by atoms with Crippen LogP contribution in [0, 0.1) is 10.7 Å². The SMILES string of the molecule is CC(=O)Nc1c(I)c(NC(=O)CC(O)(O)O)c(I)c(C(=O)O)c1I. The molecule has 0 unspecified atom stereocenters. The second-order valence-electron chi connectivity index (χ2n) is 4.55. The number of carboxylic acid groups (broad SMARTS) is 1. The summed E-state index contributed by atoms with van der Waals surface area (Å²) >= 11 is 5.32. The van der Waals surface area contributed by atoms with E-state index in [9.17, 15) is 19.5 Å². The van der Waals surface area contributed by atoms with Gasteiger partial charge in [0.05, 0.1) is 27.6 Å². The van der Waals surface area contributed by atoms with Crippen LogP contribution in [0.2, 0.25) is 0 Å². The maximum absolute atomic E-state index is 11.8. The summed E-state index contributed by atoms with van der Waals surface area (Å²) in [6, 6.07) is 0. The molecule has 24 heavy (non-hydrogen) atoms. The molecule has 0 fully saturated rings. The summed E-state index contributed by atoms with van der Waals surface area (Å²) in [5.41, 5.74) is 0.158. The van der Waals surface area contributed by atoms with Crippen molar-refractivity contribution < 1.29 is 34.8 Å². The molecule has 0 heterocycles. The lowest BCUT2D eigenvalue weighted by atomic mass is 10.1. The average Bonchev–Trinajstić information content (AvgIpc) is 2.37. The van der Waals surface area contributed by atoms with Crippen LogP contribution in [0.15, 0.2) is 0 Å². The van der Waals surface area contributed by atoms with Gasteiger partial charge in [-0.3, -0.25) is 9.59 Å². The molecule has 0 aliphatic rings. The predicted octanol–water partition coefficient (Wildman–Crippen LogP) is 1.12. The van der Waals surface area contributed by atoms with Crippen LogP contribution in [-0.2, 0) is 9.59 Å². The zero-order valence-corrected chi connectivity index (χ0v) is 18.3. The molecule has 0 aromatic heterocycles. The zero-order valence-electron chi connectivity index (χ0n) is 11.9. The number of aliphatic hydroxyl groups is 3. The number of amides is 2. The van der Waals surface area contributed by atoms with Crippen molar-refractivity contribution in [1.29, 1.82) is 0 Å². The van der Waals surface area contributed by atoms with Crippen LogP contribution in [0.3, 0.4) is 0 Å². The van der Waals surface area contributed by atoms with Crippen LogP contribution in [-0.4, -0.2) is 44.2 Å². The fraction of sp³-hybridized carbons (Fsp3) is 0.250. The van der Waals surface area contributed by atoms with E-state index in [1.165, 1.54) is 6.92 Å². The quantitative estimate of drug-likeness (QED) is 0.202. The van der Waals surface area contributed by atoms with Crippen LogP contribution in [0.5, 0.6) is 0 Å². The number of hydrogen-bond donors (Lipinski definition) is 6. The maximum atomic E-state index is 11.8. The summed E-state index contributed by atoms with van der Waals surface area (Å²) in [6.45, 7) is 1.25. The summed E-state index contributed by atoms with van der Waals surface area (Å²) < 4.78 is 0.827. The summed E-state index contributed by atoms with van der Waals surface area (Å²) in [5.74, 6) is -5.84. The van der Waals surface area contributed by atoms with E-state index in [2.05, 4.69) is 10.6 Å². The Morgan fingerprint density at radius 3 is 1.79 bits per heavy atom. The highest BCUT2D eigenvalue weighted by molar-refractivity contribution is 14.1. The normalized spacial score (nSPS) is 11.1. The Hall–Kier alpha value is -0.300. The van der Waals surface area contributed by atoms with Crippen molar-refractivity contribution in [3.63, 3.8) is 0 Å². The van der Waals surface area contributed by atoms with Crippen molar-refractivity contribution in [2.75, 3.05) is 10.6 Å². The molecule has 0 saturated carbocycles. The standard InChI is InChI=1S/C12H11I3N2O7/c1-3(18)16-9-6(13)5(11(20)21)7(14)10(8(9)15)17-4(19)2-12(22,23)24/h22-24H,2H2,1H3,(H,16,18)(H,17,19)(H,20,21). The van der Waals surface area contributed by atoms with Gasteiger partial charge in [0.1, 0.15) is 6.42 Å². The Balaban J connectivity index is 3.48. The first-order valence-corrected chi connectivity index (χ1v) is 9.27. The van der Waals surface area contributed by atoms with Crippen molar-refractivity contribution in [3.8, 4) is 0 Å². The minimum atomic E-state index is -3.19. The molecule has 0 bridgehead atoms. The van der Waals surface area contributed by atoms with E-state index in [1.54, 1.807) is 45.2 Å². The molecule has 0 spiro atoms. The zero-order chi connectivity index (χ0) is 18.8. The number of carboxylic acids is 1. The number of nitrogens with one attached hydrogen (secondary N) is 2. The topological polar surface area (TPSA) is 156 Å². The molecule has 1 aromatic carbocycles. The summed E-state index contributed by atoms with van der Waals surface area (Å²) in [6.07, 6.45) is -1.04. The van der Waals surface area contributed by atoms with Crippen molar-refractivity contribution in [3.05, 3.63) is 16.3 Å². The highest BCUT2D eigenvalue weighted by Crippen LogP contribution is 2.39. The van der Waals surface area contributed by atoms with Crippen LogP contribution < -0.4 is 10.6 Å². The first kappa shape index (κ1) is 21.7. The average molecular weight is 676 g/mol. The molecule has 1 rings (SSSR count). The molecular weight excluding hydrogens is 665 g/mol. The first-order chi connectivity index (χ1) is 10.8. The molecule has 0 atom stereocenters. The van der Waals surface area contributed by atoms with Gasteiger partial charge < -0.3 is 31.1 Å². The Morgan fingerprint density at radius 2 is 1.42 bits per heavy atom. The molecule has 0 aliphatic heterocycles. The summed E-state index contributed by atoms with van der Waals surface area (Å²) in [4.78, 5) is 34.7. The summed E-state index contributed by atoms with van der Waals surface area (Å²) in [7, 11) is 0. The van der Waals surface area contributed by atoms with Gasteiger partial charge in [-0.15, -0.1) is 0 Å². The lowest BCUT2D eigenvalue weighted by Gasteiger charge is -2.19. The number of anilines is 2. The molecular formula is C12H11I3N2O7. The number of aromatic carboxylic acids is 1. The van der Waals surface area contributed by atoms with Gasteiger partial charge in [0.2, 0.25) is 11.8 Å². The van der Waals surface area contributed by atoms with Crippen LogP contribution >= 0.6 is 67.8 Å². The van der Waals surface area contributed by atoms with E-state index in [0.29, 0.717) is 3.57 Å². The molecule has 1 aromatic rings. The molecule has 0 aliphatic carbocycles. The van der Waals surface area contributed by atoms with E-state index in [0.717, 1.165) is 0 Å². The fourth-order valence-electron chi connectivity index (χ4n) is 1.65. The van der Waals surface area contributed by atoms with E-state index < -0.39 is 30.2 Å². The lowest BCUT2D eigenvalue weighted by molar-refractivity contribution is -0.309.